The number of rotatable bonds is 4. The van der Waals surface area contributed by atoms with E-state index in [1.165, 1.54) is 0 Å². The molecule has 4 nitrogen and oxygen atoms in total. The number of aromatic nitrogens is 1. The minimum Gasteiger partial charge on any atom is -0.408 e. The average molecular weight is 234 g/mol. The third-order valence-electron chi connectivity index (χ3n) is 2.97. The fourth-order valence-electron chi connectivity index (χ4n) is 2.15. The van der Waals surface area contributed by atoms with Gasteiger partial charge < -0.3 is 10.2 Å². The highest BCUT2D eigenvalue weighted by molar-refractivity contribution is 5.76. The van der Waals surface area contributed by atoms with Crippen molar-refractivity contribution in [1.82, 2.24) is 4.57 Å². The first-order valence-electron chi connectivity index (χ1n) is 6.00. The quantitative estimate of drug-likeness (QED) is 0.827. The van der Waals surface area contributed by atoms with Crippen molar-refractivity contribution in [2.75, 3.05) is 5.73 Å². The molecule has 17 heavy (non-hydrogen) atoms. The predicted molar refractivity (Wildman–Crippen MR) is 69.0 cm³/mol. The molecular formula is C13H18N2O2. The Morgan fingerprint density at radius 2 is 2.24 bits per heavy atom. The Kier molecular flexibility index (Phi) is 3.22. The van der Waals surface area contributed by atoms with Crippen LogP contribution in [0.5, 0.6) is 0 Å². The second-order valence-electron chi connectivity index (χ2n) is 4.60. The van der Waals surface area contributed by atoms with Gasteiger partial charge in [0.15, 0.2) is 5.58 Å². The monoisotopic (exact) mass is 234 g/mol. The largest absolute Gasteiger partial charge is 0.419 e. The van der Waals surface area contributed by atoms with Crippen molar-refractivity contribution < 1.29 is 4.42 Å². The molecule has 0 aliphatic heterocycles. The normalized spacial score (nSPS) is 13.1. The molecule has 0 aliphatic rings. The highest BCUT2D eigenvalue weighted by Gasteiger charge is 2.11. The van der Waals surface area contributed by atoms with Crippen LogP contribution in [0.4, 0.5) is 5.69 Å². The van der Waals surface area contributed by atoms with Crippen LogP contribution in [-0.2, 0) is 6.54 Å². The number of hydrogen-bond donors (Lipinski definition) is 1. The van der Waals surface area contributed by atoms with E-state index in [0.717, 1.165) is 18.4 Å². The van der Waals surface area contributed by atoms with Gasteiger partial charge in [0, 0.05) is 18.3 Å². The van der Waals surface area contributed by atoms with Crippen LogP contribution in [0, 0.1) is 5.92 Å². The lowest BCUT2D eigenvalue weighted by atomic mass is 10.1. The molecule has 0 spiro atoms. The van der Waals surface area contributed by atoms with E-state index in [1.54, 1.807) is 16.7 Å². The van der Waals surface area contributed by atoms with Gasteiger partial charge in [-0.1, -0.05) is 20.3 Å². The van der Waals surface area contributed by atoms with Gasteiger partial charge in [0.2, 0.25) is 0 Å². The first-order chi connectivity index (χ1) is 8.11. The van der Waals surface area contributed by atoms with E-state index < -0.39 is 0 Å². The zero-order chi connectivity index (χ0) is 12.4. The molecule has 0 saturated heterocycles. The van der Waals surface area contributed by atoms with E-state index in [4.69, 9.17) is 10.2 Å². The molecule has 2 rings (SSSR count). The first-order valence-corrected chi connectivity index (χ1v) is 6.00. The SMILES string of the molecule is CCCC(C)Cn1c(=O)oc2cc(N)ccc21. The Morgan fingerprint density at radius 1 is 1.47 bits per heavy atom. The average Bonchev–Trinajstić information content (AvgIpc) is 2.55. The lowest BCUT2D eigenvalue weighted by Gasteiger charge is -2.09. The van der Waals surface area contributed by atoms with Crippen LogP contribution in [0.3, 0.4) is 0 Å². The Hall–Kier alpha value is -1.71. The summed E-state index contributed by atoms with van der Waals surface area (Å²) in [5.74, 6) is 0.171. The fraction of sp³-hybridized carbons (Fsp3) is 0.462. The molecule has 0 fully saturated rings. The van der Waals surface area contributed by atoms with Gasteiger partial charge in [-0.2, -0.15) is 0 Å². The minimum absolute atomic E-state index is 0.298. The number of nitrogens with zero attached hydrogens (tertiary/aromatic N) is 1. The molecule has 0 amide bonds. The molecule has 1 unspecified atom stereocenters. The van der Waals surface area contributed by atoms with E-state index in [0.29, 0.717) is 23.7 Å². The van der Waals surface area contributed by atoms with E-state index in [1.807, 2.05) is 6.07 Å². The third kappa shape index (κ3) is 2.35. The Balaban J connectivity index is 2.40. The highest BCUT2D eigenvalue weighted by atomic mass is 16.4. The lowest BCUT2D eigenvalue weighted by Crippen LogP contribution is -2.18. The fourth-order valence-corrected chi connectivity index (χ4v) is 2.15. The van der Waals surface area contributed by atoms with Gasteiger partial charge in [0.05, 0.1) is 5.52 Å². The van der Waals surface area contributed by atoms with E-state index in [2.05, 4.69) is 13.8 Å². The number of nitrogens with two attached hydrogens (primary N) is 1. The molecule has 2 N–H and O–H groups in total. The summed E-state index contributed by atoms with van der Waals surface area (Å²) in [4.78, 5) is 11.7. The Morgan fingerprint density at radius 3 is 2.94 bits per heavy atom. The second-order valence-corrected chi connectivity index (χ2v) is 4.60. The van der Waals surface area contributed by atoms with Crippen LogP contribution in [0.1, 0.15) is 26.7 Å². The van der Waals surface area contributed by atoms with Crippen molar-refractivity contribution in [3.05, 3.63) is 28.7 Å². The molecule has 0 aliphatic carbocycles. The van der Waals surface area contributed by atoms with Gasteiger partial charge in [-0.3, -0.25) is 4.57 Å². The van der Waals surface area contributed by atoms with Crippen molar-refractivity contribution in [3.63, 3.8) is 0 Å². The van der Waals surface area contributed by atoms with Gasteiger partial charge in [-0.25, -0.2) is 4.79 Å². The van der Waals surface area contributed by atoms with Crippen molar-refractivity contribution >= 4 is 16.8 Å². The van der Waals surface area contributed by atoms with E-state index >= 15 is 0 Å². The molecule has 1 heterocycles. The molecule has 1 atom stereocenters. The number of oxazole rings is 1. The summed E-state index contributed by atoms with van der Waals surface area (Å²) in [5, 5.41) is 0. The van der Waals surface area contributed by atoms with Crippen LogP contribution in [0.15, 0.2) is 27.4 Å². The molecule has 92 valence electrons. The minimum atomic E-state index is -0.298. The maximum Gasteiger partial charge on any atom is 0.419 e. The maximum atomic E-state index is 11.7. The van der Waals surface area contributed by atoms with Gasteiger partial charge in [0.25, 0.3) is 0 Å². The maximum absolute atomic E-state index is 11.7. The predicted octanol–water partition coefficient (Wildman–Crippen LogP) is 2.61. The van der Waals surface area contributed by atoms with Crippen LogP contribution in [0.2, 0.25) is 0 Å². The molecule has 0 radical (unpaired) electrons. The van der Waals surface area contributed by atoms with Gasteiger partial charge in [0.1, 0.15) is 0 Å². The highest BCUT2D eigenvalue weighted by Crippen LogP contribution is 2.18. The van der Waals surface area contributed by atoms with Crippen molar-refractivity contribution in [2.45, 2.75) is 33.2 Å². The number of anilines is 1. The van der Waals surface area contributed by atoms with E-state index in [9.17, 15) is 4.79 Å². The summed E-state index contributed by atoms with van der Waals surface area (Å²) in [6.07, 6.45) is 2.23. The smallest absolute Gasteiger partial charge is 0.408 e. The van der Waals surface area contributed by atoms with Crippen molar-refractivity contribution in [1.29, 1.82) is 0 Å². The Bertz CT molecular complexity index is 568. The molecule has 1 aromatic carbocycles. The molecule has 1 aromatic heterocycles. The standard InChI is InChI=1S/C13H18N2O2/c1-3-4-9(2)8-15-11-6-5-10(14)7-12(11)17-13(15)16/h5-7,9H,3-4,8,14H2,1-2H3. The zero-order valence-electron chi connectivity index (χ0n) is 10.3. The molecular weight excluding hydrogens is 216 g/mol. The van der Waals surface area contributed by atoms with Crippen LogP contribution >= 0.6 is 0 Å². The van der Waals surface area contributed by atoms with Crippen LogP contribution in [0.25, 0.3) is 11.1 Å². The summed E-state index contributed by atoms with van der Waals surface area (Å²) in [6, 6.07) is 5.32. The zero-order valence-corrected chi connectivity index (χ0v) is 10.3. The summed E-state index contributed by atoms with van der Waals surface area (Å²) in [5.41, 5.74) is 7.67. The summed E-state index contributed by atoms with van der Waals surface area (Å²) in [6.45, 7) is 4.99. The van der Waals surface area contributed by atoms with Crippen LogP contribution in [-0.4, -0.2) is 4.57 Å². The van der Waals surface area contributed by atoms with Crippen molar-refractivity contribution in [3.8, 4) is 0 Å². The summed E-state index contributed by atoms with van der Waals surface area (Å²) >= 11 is 0. The second kappa shape index (κ2) is 4.65. The van der Waals surface area contributed by atoms with Gasteiger partial charge in [-0.05, 0) is 24.5 Å². The first kappa shape index (κ1) is 11.8. The van der Waals surface area contributed by atoms with Gasteiger partial charge in [-0.15, -0.1) is 0 Å². The Labute approximate surface area is 100 Å². The number of nitrogen functional groups attached to an aromatic ring is 1. The lowest BCUT2D eigenvalue weighted by molar-refractivity contribution is 0.416. The molecule has 0 bridgehead atoms. The number of fused-ring (bicyclic) bond motifs is 1. The number of hydrogen-bond acceptors (Lipinski definition) is 3. The van der Waals surface area contributed by atoms with E-state index in [-0.39, 0.29) is 5.76 Å². The third-order valence-corrected chi connectivity index (χ3v) is 2.97. The summed E-state index contributed by atoms with van der Waals surface area (Å²) < 4.78 is 6.88. The number of benzene rings is 1. The van der Waals surface area contributed by atoms with Crippen LogP contribution < -0.4 is 11.5 Å². The van der Waals surface area contributed by atoms with Gasteiger partial charge >= 0.3 is 5.76 Å². The molecule has 0 saturated carbocycles. The topological polar surface area (TPSA) is 61.2 Å². The van der Waals surface area contributed by atoms with Crippen molar-refractivity contribution in [2.24, 2.45) is 5.92 Å². The summed E-state index contributed by atoms with van der Waals surface area (Å²) in [7, 11) is 0. The molecule has 2 aromatic rings. The molecule has 4 heteroatoms.